The monoisotopic (exact) mass is 266 g/mol. The molecule has 3 heteroatoms. The van der Waals surface area contributed by atoms with Crippen LogP contribution >= 0.6 is 0 Å². The van der Waals surface area contributed by atoms with E-state index in [4.69, 9.17) is 4.52 Å². The number of piperidine rings is 1. The lowest BCUT2D eigenvalue weighted by atomic mass is 9.85. The fraction of sp³-hybridized carbons (Fsp3) is 0.353. The van der Waals surface area contributed by atoms with E-state index in [0.717, 1.165) is 17.7 Å². The Hall–Kier alpha value is -1.87. The van der Waals surface area contributed by atoms with Crippen molar-refractivity contribution in [2.24, 2.45) is 0 Å². The lowest BCUT2D eigenvalue weighted by Crippen LogP contribution is -2.44. The maximum Gasteiger partial charge on any atom is 0.166 e. The number of hydrogen-bond donors (Lipinski definition) is 1. The van der Waals surface area contributed by atoms with Crippen LogP contribution in [0.4, 0.5) is 0 Å². The van der Waals surface area contributed by atoms with E-state index in [9.17, 15) is 0 Å². The molecule has 1 aromatic heterocycles. The Kier molecular flexibility index (Phi) is 2.92. The van der Waals surface area contributed by atoms with Crippen molar-refractivity contribution in [1.82, 2.24) is 10.5 Å². The molecule has 3 nitrogen and oxygen atoms in total. The van der Waals surface area contributed by atoms with Gasteiger partial charge in [-0.25, -0.2) is 0 Å². The molecule has 2 aliphatic rings. The van der Waals surface area contributed by atoms with Gasteiger partial charge in [0.25, 0.3) is 0 Å². The normalized spacial score (nSPS) is 25.3. The SMILES string of the molecule is C1=C(c2ccc(-c3ccno3)cc2)CC2CCCC1N2. The second kappa shape index (κ2) is 4.91. The van der Waals surface area contributed by atoms with Crippen molar-refractivity contribution in [2.75, 3.05) is 0 Å². The van der Waals surface area contributed by atoms with Gasteiger partial charge < -0.3 is 9.84 Å². The summed E-state index contributed by atoms with van der Waals surface area (Å²) in [5, 5.41) is 7.44. The van der Waals surface area contributed by atoms with Crippen molar-refractivity contribution in [3.8, 4) is 11.3 Å². The van der Waals surface area contributed by atoms with Crippen molar-refractivity contribution in [3.05, 3.63) is 48.2 Å². The molecule has 2 unspecified atom stereocenters. The molecule has 2 bridgehead atoms. The minimum absolute atomic E-state index is 0.575. The highest BCUT2D eigenvalue weighted by molar-refractivity contribution is 5.70. The van der Waals surface area contributed by atoms with Crippen molar-refractivity contribution in [2.45, 2.75) is 37.8 Å². The molecule has 1 fully saturated rings. The van der Waals surface area contributed by atoms with Crippen LogP contribution in [0.1, 0.15) is 31.2 Å². The summed E-state index contributed by atoms with van der Waals surface area (Å²) in [5.41, 5.74) is 3.91. The maximum absolute atomic E-state index is 5.19. The number of hydrogen-bond acceptors (Lipinski definition) is 3. The lowest BCUT2D eigenvalue weighted by molar-refractivity contribution is 0.348. The van der Waals surface area contributed by atoms with Gasteiger partial charge in [0.05, 0.1) is 6.20 Å². The molecule has 1 aromatic carbocycles. The Morgan fingerprint density at radius 1 is 1.05 bits per heavy atom. The van der Waals surface area contributed by atoms with E-state index in [1.165, 1.54) is 30.4 Å². The van der Waals surface area contributed by atoms with Gasteiger partial charge in [0.1, 0.15) is 0 Å². The van der Waals surface area contributed by atoms with Crippen LogP contribution in [-0.4, -0.2) is 17.2 Å². The number of benzene rings is 1. The van der Waals surface area contributed by atoms with Crippen molar-refractivity contribution < 1.29 is 4.52 Å². The number of nitrogens with one attached hydrogen (secondary N) is 1. The summed E-state index contributed by atoms with van der Waals surface area (Å²) in [4.78, 5) is 0. The Balaban J connectivity index is 1.61. The molecule has 3 heterocycles. The van der Waals surface area contributed by atoms with E-state index in [0.29, 0.717) is 12.1 Å². The van der Waals surface area contributed by atoms with Gasteiger partial charge in [0.2, 0.25) is 0 Å². The highest BCUT2D eigenvalue weighted by Crippen LogP contribution is 2.31. The van der Waals surface area contributed by atoms with Crippen LogP contribution in [0, 0.1) is 0 Å². The fourth-order valence-corrected chi connectivity index (χ4v) is 3.35. The number of fused-ring (bicyclic) bond motifs is 2. The maximum atomic E-state index is 5.19. The molecule has 4 rings (SSSR count). The second-order valence-electron chi connectivity index (χ2n) is 5.75. The predicted molar refractivity (Wildman–Crippen MR) is 79.1 cm³/mol. The van der Waals surface area contributed by atoms with Crippen LogP contribution in [0.25, 0.3) is 16.9 Å². The standard InChI is InChI=1S/C17H18N2O/c1-2-15-10-14(11-16(3-1)19-15)12-4-6-13(7-5-12)17-8-9-18-20-17/h4-10,15-16,19H,1-3,11H2. The predicted octanol–water partition coefficient (Wildman–Crippen LogP) is 3.64. The summed E-state index contributed by atoms with van der Waals surface area (Å²) < 4.78 is 5.19. The Labute approximate surface area is 118 Å². The molecule has 1 saturated heterocycles. The minimum Gasteiger partial charge on any atom is -0.356 e. The third-order valence-electron chi connectivity index (χ3n) is 4.36. The molecular weight excluding hydrogens is 248 g/mol. The Morgan fingerprint density at radius 3 is 2.65 bits per heavy atom. The third kappa shape index (κ3) is 2.18. The van der Waals surface area contributed by atoms with E-state index in [1.807, 2.05) is 6.07 Å². The quantitative estimate of drug-likeness (QED) is 0.901. The first-order chi connectivity index (χ1) is 9.88. The van der Waals surface area contributed by atoms with Gasteiger partial charge in [-0.15, -0.1) is 0 Å². The molecule has 2 aliphatic heterocycles. The van der Waals surface area contributed by atoms with Crippen molar-refractivity contribution in [3.63, 3.8) is 0 Å². The number of aromatic nitrogens is 1. The Morgan fingerprint density at radius 2 is 1.90 bits per heavy atom. The van der Waals surface area contributed by atoms with Gasteiger partial charge in [0.15, 0.2) is 5.76 Å². The second-order valence-corrected chi connectivity index (χ2v) is 5.75. The summed E-state index contributed by atoms with van der Waals surface area (Å²) in [5.74, 6) is 0.827. The molecule has 0 radical (unpaired) electrons. The van der Waals surface area contributed by atoms with Crippen LogP contribution in [0.5, 0.6) is 0 Å². The van der Waals surface area contributed by atoms with E-state index >= 15 is 0 Å². The van der Waals surface area contributed by atoms with E-state index in [1.54, 1.807) is 6.20 Å². The first kappa shape index (κ1) is 11.9. The summed E-state index contributed by atoms with van der Waals surface area (Å²) in [6.45, 7) is 0. The minimum atomic E-state index is 0.575. The molecule has 0 saturated carbocycles. The third-order valence-corrected chi connectivity index (χ3v) is 4.36. The van der Waals surface area contributed by atoms with Crippen molar-refractivity contribution >= 4 is 5.57 Å². The van der Waals surface area contributed by atoms with Gasteiger partial charge in [-0.1, -0.05) is 41.9 Å². The smallest absolute Gasteiger partial charge is 0.166 e. The number of rotatable bonds is 2. The van der Waals surface area contributed by atoms with Crippen LogP contribution in [0.15, 0.2) is 47.1 Å². The molecule has 0 spiro atoms. The first-order valence-electron chi connectivity index (χ1n) is 7.37. The highest BCUT2D eigenvalue weighted by atomic mass is 16.5. The number of nitrogens with zero attached hydrogens (tertiary/aromatic N) is 1. The molecule has 2 atom stereocenters. The summed E-state index contributed by atoms with van der Waals surface area (Å²) in [6.07, 6.45) is 9.19. The fourth-order valence-electron chi connectivity index (χ4n) is 3.35. The van der Waals surface area contributed by atoms with E-state index in [2.05, 4.69) is 40.8 Å². The van der Waals surface area contributed by atoms with Crippen LogP contribution in [0.3, 0.4) is 0 Å². The average Bonchev–Trinajstić information content (AvgIpc) is 3.01. The molecule has 1 N–H and O–H groups in total. The van der Waals surface area contributed by atoms with Crippen LogP contribution in [0.2, 0.25) is 0 Å². The highest BCUT2D eigenvalue weighted by Gasteiger charge is 2.25. The summed E-state index contributed by atoms with van der Waals surface area (Å²) >= 11 is 0. The van der Waals surface area contributed by atoms with Crippen LogP contribution < -0.4 is 5.32 Å². The van der Waals surface area contributed by atoms with E-state index in [-0.39, 0.29) is 0 Å². The zero-order chi connectivity index (χ0) is 13.4. The first-order valence-corrected chi connectivity index (χ1v) is 7.37. The zero-order valence-electron chi connectivity index (χ0n) is 11.4. The Bertz CT molecular complexity index is 613. The topological polar surface area (TPSA) is 38.1 Å². The van der Waals surface area contributed by atoms with E-state index < -0.39 is 0 Å². The molecule has 0 amide bonds. The van der Waals surface area contributed by atoms with Gasteiger partial charge in [-0.3, -0.25) is 0 Å². The van der Waals surface area contributed by atoms with Crippen LogP contribution in [-0.2, 0) is 0 Å². The average molecular weight is 266 g/mol. The van der Waals surface area contributed by atoms with Gasteiger partial charge in [-0.2, -0.15) is 0 Å². The zero-order valence-corrected chi connectivity index (χ0v) is 11.4. The van der Waals surface area contributed by atoms with Gasteiger partial charge in [-0.05, 0) is 30.4 Å². The van der Waals surface area contributed by atoms with Gasteiger partial charge >= 0.3 is 0 Å². The summed E-state index contributed by atoms with van der Waals surface area (Å²) in [6, 6.07) is 11.8. The molecule has 2 aromatic rings. The molecule has 102 valence electrons. The largest absolute Gasteiger partial charge is 0.356 e. The summed E-state index contributed by atoms with van der Waals surface area (Å²) in [7, 11) is 0. The molecule has 20 heavy (non-hydrogen) atoms. The lowest BCUT2D eigenvalue weighted by Gasteiger charge is -2.35. The van der Waals surface area contributed by atoms with Crippen molar-refractivity contribution in [1.29, 1.82) is 0 Å². The van der Waals surface area contributed by atoms with Gasteiger partial charge in [0, 0.05) is 23.7 Å². The molecule has 0 aliphatic carbocycles. The molecular formula is C17H18N2O.